The molecule has 0 radical (unpaired) electrons. The highest BCUT2D eigenvalue weighted by molar-refractivity contribution is 6.30. The van der Waals surface area contributed by atoms with Gasteiger partial charge in [0.05, 0.1) is 6.61 Å². The van der Waals surface area contributed by atoms with Gasteiger partial charge in [-0.25, -0.2) is 4.39 Å². The predicted molar refractivity (Wildman–Crippen MR) is 111 cm³/mol. The topological polar surface area (TPSA) is 81.9 Å². The molecule has 2 aromatic rings. The second kappa shape index (κ2) is 9.80. The number of nitrogens with two attached hydrogens (primary N) is 1. The van der Waals surface area contributed by atoms with Crippen molar-refractivity contribution in [1.29, 1.82) is 0 Å². The first kappa shape index (κ1) is 21.9. The SMILES string of the molecule is NC(=O)CC1(COc2ccc(F)cc2)CCN(C(=O)COc2ccc(Cl)cc2)CC1. The number of nitrogens with zero attached hydrogens (tertiary/aromatic N) is 1. The van der Waals surface area contributed by atoms with E-state index in [2.05, 4.69) is 0 Å². The molecule has 1 aliphatic heterocycles. The maximum Gasteiger partial charge on any atom is 0.260 e. The minimum absolute atomic E-state index is 0.0729. The van der Waals surface area contributed by atoms with E-state index in [1.807, 2.05) is 0 Å². The molecule has 0 atom stereocenters. The van der Waals surface area contributed by atoms with Gasteiger partial charge in [0.15, 0.2) is 6.61 Å². The van der Waals surface area contributed by atoms with Crippen LogP contribution in [-0.2, 0) is 9.59 Å². The van der Waals surface area contributed by atoms with Gasteiger partial charge in [0.25, 0.3) is 5.91 Å². The van der Waals surface area contributed by atoms with Crippen molar-refractivity contribution in [2.45, 2.75) is 19.3 Å². The van der Waals surface area contributed by atoms with E-state index in [4.69, 9.17) is 26.8 Å². The molecule has 2 amide bonds. The van der Waals surface area contributed by atoms with E-state index in [0.717, 1.165) is 0 Å². The molecule has 30 heavy (non-hydrogen) atoms. The summed E-state index contributed by atoms with van der Waals surface area (Å²) in [7, 11) is 0. The zero-order chi connectivity index (χ0) is 21.6. The van der Waals surface area contributed by atoms with Crippen molar-refractivity contribution < 1.29 is 23.5 Å². The largest absolute Gasteiger partial charge is 0.493 e. The van der Waals surface area contributed by atoms with E-state index in [0.29, 0.717) is 42.5 Å². The highest BCUT2D eigenvalue weighted by Crippen LogP contribution is 2.36. The van der Waals surface area contributed by atoms with Gasteiger partial charge >= 0.3 is 0 Å². The molecule has 0 aromatic heterocycles. The maximum atomic E-state index is 13.1. The number of rotatable bonds is 8. The van der Waals surface area contributed by atoms with Crippen LogP contribution in [0.25, 0.3) is 0 Å². The predicted octanol–water partition coefficient (Wildman–Crippen LogP) is 3.42. The molecule has 1 fully saturated rings. The summed E-state index contributed by atoms with van der Waals surface area (Å²) in [6, 6.07) is 12.5. The van der Waals surface area contributed by atoms with Crippen LogP contribution in [0.2, 0.25) is 5.02 Å². The van der Waals surface area contributed by atoms with Crippen molar-refractivity contribution >= 4 is 23.4 Å². The van der Waals surface area contributed by atoms with Gasteiger partial charge in [0.1, 0.15) is 17.3 Å². The summed E-state index contributed by atoms with van der Waals surface area (Å²) in [6.45, 7) is 1.15. The Kier molecular flexibility index (Phi) is 7.15. The molecule has 0 spiro atoms. The lowest BCUT2D eigenvalue weighted by atomic mass is 9.76. The zero-order valence-corrected chi connectivity index (χ0v) is 17.2. The highest BCUT2D eigenvalue weighted by atomic mass is 35.5. The van der Waals surface area contributed by atoms with E-state index < -0.39 is 11.3 Å². The Labute approximate surface area is 179 Å². The van der Waals surface area contributed by atoms with Crippen molar-refractivity contribution in [2.75, 3.05) is 26.3 Å². The summed E-state index contributed by atoms with van der Waals surface area (Å²) >= 11 is 5.84. The molecule has 0 unspecified atom stereocenters. The monoisotopic (exact) mass is 434 g/mol. The number of halogens is 2. The lowest BCUT2D eigenvalue weighted by molar-refractivity contribution is -0.136. The van der Waals surface area contributed by atoms with Crippen molar-refractivity contribution in [2.24, 2.45) is 11.1 Å². The van der Waals surface area contributed by atoms with Crippen LogP contribution in [0.15, 0.2) is 48.5 Å². The minimum Gasteiger partial charge on any atom is -0.493 e. The van der Waals surface area contributed by atoms with E-state index in [-0.39, 0.29) is 31.4 Å². The average molecular weight is 435 g/mol. The van der Waals surface area contributed by atoms with E-state index in [1.54, 1.807) is 41.3 Å². The Hall–Kier alpha value is -2.80. The average Bonchev–Trinajstić information content (AvgIpc) is 2.73. The molecule has 1 saturated heterocycles. The Morgan fingerprint density at radius 1 is 1.00 bits per heavy atom. The summed E-state index contributed by atoms with van der Waals surface area (Å²) in [5, 5.41) is 0.596. The number of benzene rings is 2. The van der Waals surface area contributed by atoms with Crippen molar-refractivity contribution in [3.05, 3.63) is 59.4 Å². The van der Waals surface area contributed by atoms with E-state index >= 15 is 0 Å². The standard InChI is InChI=1S/C22H24ClFN2O4/c23-16-1-5-18(6-2-16)29-14-21(28)26-11-9-22(10-12-26,13-20(25)27)15-30-19-7-3-17(24)4-8-19/h1-8H,9-15H2,(H2,25,27). The molecule has 8 heteroatoms. The van der Waals surface area contributed by atoms with Gasteiger partial charge in [-0.1, -0.05) is 11.6 Å². The number of piperidine rings is 1. The van der Waals surface area contributed by atoms with Crippen LogP contribution in [-0.4, -0.2) is 43.0 Å². The molecule has 2 N–H and O–H groups in total. The molecule has 0 saturated carbocycles. The van der Waals surface area contributed by atoms with Gasteiger partial charge < -0.3 is 20.1 Å². The van der Waals surface area contributed by atoms with Gasteiger partial charge in [-0.15, -0.1) is 0 Å². The van der Waals surface area contributed by atoms with Crippen LogP contribution >= 0.6 is 11.6 Å². The number of hydrogen-bond acceptors (Lipinski definition) is 4. The number of carbonyl (C=O) groups is 2. The van der Waals surface area contributed by atoms with Crippen molar-refractivity contribution in [1.82, 2.24) is 4.90 Å². The van der Waals surface area contributed by atoms with E-state index in [9.17, 15) is 14.0 Å². The number of carbonyl (C=O) groups excluding carboxylic acids is 2. The van der Waals surface area contributed by atoms with Crippen LogP contribution in [0.5, 0.6) is 11.5 Å². The first-order chi connectivity index (χ1) is 14.3. The fraction of sp³-hybridized carbons (Fsp3) is 0.364. The smallest absolute Gasteiger partial charge is 0.260 e. The molecular weight excluding hydrogens is 411 g/mol. The minimum atomic E-state index is -0.464. The van der Waals surface area contributed by atoms with Gasteiger partial charge in [0.2, 0.25) is 5.91 Å². The second-order valence-corrected chi connectivity index (χ2v) is 7.95. The Balaban J connectivity index is 1.54. The molecule has 0 bridgehead atoms. The third-order valence-electron chi connectivity index (χ3n) is 5.26. The fourth-order valence-corrected chi connectivity index (χ4v) is 3.63. The van der Waals surface area contributed by atoms with Gasteiger partial charge in [-0.3, -0.25) is 9.59 Å². The highest BCUT2D eigenvalue weighted by Gasteiger charge is 2.38. The Morgan fingerprint density at radius 3 is 2.17 bits per heavy atom. The summed E-state index contributed by atoms with van der Waals surface area (Å²) < 4.78 is 24.4. The molecular formula is C22H24ClFN2O4. The van der Waals surface area contributed by atoms with E-state index in [1.165, 1.54) is 12.1 Å². The summed E-state index contributed by atoms with van der Waals surface area (Å²) in [5.74, 6) is 0.207. The van der Waals surface area contributed by atoms with Crippen LogP contribution in [0, 0.1) is 11.2 Å². The molecule has 6 nitrogen and oxygen atoms in total. The molecule has 160 valence electrons. The summed E-state index contributed by atoms with van der Waals surface area (Å²) in [4.78, 5) is 25.8. The number of likely N-dealkylation sites (tertiary alicyclic amines) is 1. The van der Waals surface area contributed by atoms with Gasteiger partial charge in [0, 0.05) is 29.9 Å². The normalized spacial score (nSPS) is 15.5. The number of amides is 2. The third-order valence-corrected chi connectivity index (χ3v) is 5.51. The first-order valence-corrected chi connectivity index (χ1v) is 10.1. The zero-order valence-electron chi connectivity index (χ0n) is 16.5. The van der Waals surface area contributed by atoms with Crippen LogP contribution in [0.1, 0.15) is 19.3 Å². The maximum absolute atomic E-state index is 13.1. The summed E-state index contributed by atoms with van der Waals surface area (Å²) in [6.07, 6.45) is 1.31. The lowest BCUT2D eigenvalue weighted by Gasteiger charge is -2.41. The quantitative estimate of drug-likeness (QED) is 0.690. The Morgan fingerprint density at radius 2 is 1.57 bits per heavy atom. The molecule has 0 aliphatic carbocycles. The van der Waals surface area contributed by atoms with Crippen LogP contribution in [0.3, 0.4) is 0 Å². The van der Waals surface area contributed by atoms with Crippen LogP contribution < -0.4 is 15.2 Å². The fourth-order valence-electron chi connectivity index (χ4n) is 3.51. The molecule has 2 aromatic carbocycles. The molecule has 1 heterocycles. The number of hydrogen-bond donors (Lipinski definition) is 1. The van der Waals surface area contributed by atoms with Gasteiger partial charge in [-0.05, 0) is 61.4 Å². The Bertz CT molecular complexity index is 866. The second-order valence-electron chi connectivity index (χ2n) is 7.51. The summed E-state index contributed by atoms with van der Waals surface area (Å²) in [5.41, 5.74) is 5.00. The van der Waals surface area contributed by atoms with Crippen molar-refractivity contribution in [3.63, 3.8) is 0 Å². The molecule has 3 rings (SSSR count). The van der Waals surface area contributed by atoms with Gasteiger partial charge in [-0.2, -0.15) is 0 Å². The first-order valence-electron chi connectivity index (χ1n) is 9.68. The third kappa shape index (κ3) is 6.10. The van der Waals surface area contributed by atoms with Crippen molar-refractivity contribution in [3.8, 4) is 11.5 Å². The lowest BCUT2D eigenvalue weighted by Crippen LogP contribution is -2.48. The molecule has 1 aliphatic rings. The number of primary amides is 1. The van der Waals surface area contributed by atoms with Crippen LogP contribution in [0.4, 0.5) is 4.39 Å². The number of ether oxygens (including phenoxy) is 2.